The van der Waals surface area contributed by atoms with Gasteiger partial charge in [0.25, 0.3) is 0 Å². The number of benzene rings is 1. The second-order valence-electron chi connectivity index (χ2n) is 4.07. The van der Waals surface area contributed by atoms with Crippen LogP contribution in [0.15, 0.2) is 30.3 Å². The number of carbonyl (C=O) groups excluding carboxylic acids is 1. The summed E-state index contributed by atoms with van der Waals surface area (Å²) in [6.45, 7) is 2.64. The summed E-state index contributed by atoms with van der Waals surface area (Å²) in [5, 5.41) is 3.08. The van der Waals surface area contributed by atoms with Crippen molar-refractivity contribution in [3.05, 3.63) is 35.9 Å². The normalized spacial score (nSPS) is 17.8. The molecule has 0 spiro atoms. The molecule has 1 atom stereocenters. The zero-order valence-electron chi connectivity index (χ0n) is 10.1. The van der Waals surface area contributed by atoms with Crippen molar-refractivity contribution in [3.63, 3.8) is 0 Å². The van der Waals surface area contributed by atoms with Crippen LogP contribution in [0, 0.1) is 0 Å². The smallest absolute Gasteiger partial charge is 0.244 e. The maximum atomic E-state index is 12.3. The molecule has 0 unspecified atom stereocenters. The first kappa shape index (κ1) is 12.1. The number of nitrogens with zero attached hydrogens (tertiary/aromatic N) is 1. The first-order valence-electron chi connectivity index (χ1n) is 5.91. The average Bonchev–Trinajstić information content (AvgIpc) is 2.42. The average molecular weight is 234 g/mol. The van der Waals surface area contributed by atoms with Gasteiger partial charge in [0, 0.05) is 13.1 Å². The Labute approximate surface area is 102 Å². The number of likely N-dealkylation sites (N-methyl/N-ethyl adjacent to an activating group) is 1. The molecule has 0 radical (unpaired) electrons. The molecule has 1 aromatic carbocycles. The van der Waals surface area contributed by atoms with E-state index in [9.17, 15) is 4.79 Å². The lowest BCUT2D eigenvalue weighted by molar-refractivity contribution is -0.137. The minimum Gasteiger partial charge on any atom is -0.378 e. The Hall–Kier alpha value is -1.39. The van der Waals surface area contributed by atoms with Crippen LogP contribution in [-0.2, 0) is 9.53 Å². The molecule has 1 aliphatic rings. The number of amides is 1. The number of morpholine rings is 1. The minimum absolute atomic E-state index is 0.127. The summed E-state index contributed by atoms with van der Waals surface area (Å²) < 4.78 is 5.25. The van der Waals surface area contributed by atoms with E-state index >= 15 is 0 Å². The standard InChI is InChI=1S/C13H18N2O2/c1-14-12(11-5-3-2-4-6-11)13(16)15-7-9-17-10-8-15/h2-6,12,14H,7-10H2,1H3/t12-/m0/s1. The molecule has 0 aromatic heterocycles. The van der Waals surface area contributed by atoms with Gasteiger partial charge in [-0.3, -0.25) is 4.79 Å². The fourth-order valence-corrected chi connectivity index (χ4v) is 2.04. The van der Waals surface area contributed by atoms with E-state index in [0.29, 0.717) is 26.3 Å². The van der Waals surface area contributed by atoms with Crippen molar-refractivity contribution < 1.29 is 9.53 Å². The van der Waals surface area contributed by atoms with Gasteiger partial charge in [0.1, 0.15) is 6.04 Å². The second-order valence-corrected chi connectivity index (χ2v) is 4.07. The molecule has 0 aliphatic carbocycles. The summed E-state index contributed by atoms with van der Waals surface area (Å²) in [6.07, 6.45) is 0. The number of hydrogen-bond acceptors (Lipinski definition) is 3. The highest BCUT2D eigenvalue weighted by Gasteiger charge is 2.25. The molecular formula is C13H18N2O2. The van der Waals surface area contributed by atoms with E-state index in [4.69, 9.17) is 4.74 Å². The van der Waals surface area contributed by atoms with Crippen LogP contribution in [0.2, 0.25) is 0 Å². The van der Waals surface area contributed by atoms with Gasteiger partial charge >= 0.3 is 0 Å². The number of ether oxygens (including phenoxy) is 1. The van der Waals surface area contributed by atoms with Gasteiger partial charge in [-0.2, -0.15) is 0 Å². The predicted octanol–water partition coefficient (Wildman–Crippen LogP) is 0.806. The van der Waals surface area contributed by atoms with Crippen LogP contribution in [0.5, 0.6) is 0 Å². The quantitative estimate of drug-likeness (QED) is 0.841. The Kier molecular flexibility index (Phi) is 4.12. The highest BCUT2D eigenvalue weighted by atomic mass is 16.5. The summed E-state index contributed by atoms with van der Waals surface area (Å²) in [4.78, 5) is 14.2. The maximum absolute atomic E-state index is 12.3. The highest BCUT2D eigenvalue weighted by Crippen LogP contribution is 2.15. The zero-order valence-corrected chi connectivity index (χ0v) is 10.1. The molecule has 4 nitrogen and oxygen atoms in total. The molecule has 1 amide bonds. The Morgan fingerprint density at radius 1 is 1.29 bits per heavy atom. The summed E-state index contributed by atoms with van der Waals surface area (Å²) in [6, 6.07) is 9.54. The Bertz CT molecular complexity index is 361. The first-order valence-corrected chi connectivity index (χ1v) is 5.91. The molecule has 1 saturated heterocycles. The van der Waals surface area contributed by atoms with Gasteiger partial charge in [-0.1, -0.05) is 30.3 Å². The van der Waals surface area contributed by atoms with E-state index in [0.717, 1.165) is 5.56 Å². The van der Waals surface area contributed by atoms with Crippen molar-refractivity contribution in [2.75, 3.05) is 33.4 Å². The lowest BCUT2D eigenvalue weighted by atomic mass is 10.1. The number of nitrogens with one attached hydrogen (secondary N) is 1. The van der Waals surface area contributed by atoms with Crippen LogP contribution in [0.25, 0.3) is 0 Å². The van der Waals surface area contributed by atoms with Gasteiger partial charge < -0.3 is 15.0 Å². The van der Waals surface area contributed by atoms with Crippen LogP contribution >= 0.6 is 0 Å². The van der Waals surface area contributed by atoms with Gasteiger partial charge in [-0.15, -0.1) is 0 Å². The van der Waals surface area contributed by atoms with Crippen molar-refractivity contribution in [2.45, 2.75) is 6.04 Å². The fraction of sp³-hybridized carbons (Fsp3) is 0.462. The molecule has 1 fully saturated rings. The Morgan fingerprint density at radius 2 is 1.94 bits per heavy atom. The maximum Gasteiger partial charge on any atom is 0.244 e. The Morgan fingerprint density at radius 3 is 2.53 bits per heavy atom. The number of hydrogen-bond donors (Lipinski definition) is 1. The molecule has 1 aliphatic heterocycles. The van der Waals surface area contributed by atoms with E-state index in [-0.39, 0.29) is 11.9 Å². The van der Waals surface area contributed by atoms with Gasteiger partial charge in [0.05, 0.1) is 13.2 Å². The molecule has 2 rings (SSSR count). The van der Waals surface area contributed by atoms with Crippen LogP contribution in [0.1, 0.15) is 11.6 Å². The zero-order chi connectivity index (χ0) is 12.1. The monoisotopic (exact) mass is 234 g/mol. The predicted molar refractivity (Wildman–Crippen MR) is 65.6 cm³/mol. The van der Waals surface area contributed by atoms with E-state index in [1.807, 2.05) is 42.3 Å². The van der Waals surface area contributed by atoms with Crippen molar-refractivity contribution in [3.8, 4) is 0 Å². The lowest BCUT2D eigenvalue weighted by Gasteiger charge is -2.30. The highest BCUT2D eigenvalue weighted by molar-refractivity contribution is 5.83. The minimum atomic E-state index is -0.255. The molecule has 17 heavy (non-hydrogen) atoms. The van der Waals surface area contributed by atoms with Crippen molar-refractivity contribution in [1.29, 1.82) is 0 Å². The molecule has 4 heteroatoms. The van der Waals surface area contributed by atoms with Gasteiger partial charge in [-0.05, 0) is 12.6 Å². The SMILES string of the molecule is CN[C@H](C(=O)N1CCOCC1)c1ccccc1. The van der Waals surface area contributed by atoms with Gasteiger partial charge in [0.15, 0.2) is 0 Å². The lowest BCUT2D eigenvalue weighted by Crippen LogP contribution is -2.45. The second kappa shape index (κ2) is 5.80. The van der Waals surface area contributed by atoms with Crippen LogP contribution < -0.4 is 5.32 Å². The van der Waals surface area contributed by atoms with Crippen LogP contribution in [0.4, 0.5) is 0 Å². The fourth-order valence-electron chi connectivity index (χ4n) is 2.04. The van der Waals surface area contributed by atoms with Crippen LogP contribution in [-0.4, -0.2) is 44.2 Å². The van der Waals surface area contributed by atoms with E-state index < -0.39 is 0 Å². The molecule has 0 bridgehead atoms. The molecule has 0 saturated carbocycles. The first-order chi connectivity index (χ1) is 8.33. The summed E-state index contributed by atoms with van der Waals surface area (Å²) in [5.74, 6) is 0.127. The third-order valence-corrected chi connectivity index (χ3v) is 2.99. The third kappa shape index (κ3) is 2.84. The van der Waals surface area contributed by atoms with E-state index in [1.54, 1.807) is 0 Å². The summed E-state index contributed by atoms with van der Waals surface area (Å²) in [5.41, 5.74) is 1.01. The van der Waals surface area contributed by atoms with Crippen molar-refractivity contribution in [2.24, 2.45) is 0 Å². The van der Waals surface area contributed by atoms with Crippen molar-refractivity contribution in [1.82, 2.24) is 10.2 Å². The van der Waals surface area contributed by atoms with Gasteiger partial charge in [0.2, 0.25) is 5.91 Å². The largest absolute Gasteiger partial charge is 0.378 e. The van der Waals surface area contributed by atoms with E-state index in [1.165, 1.54) is 0 Å². The molecule has 1 N–H and O–H groups in total. The molecule has 1 aromatic rings. The van der Waals surface area contributed by atoms with Crippen LogP contribution in [0.3, 0.4) is 0 Å². The third-order valence-electron chi connectivity index (χ3n) is 2.99. The van der Waals surface area contributed by atoms with E-state index in [2.05, 4.69) is 5.32 Å². The summed E-state index contributed by atoms with van der Waals surface area (Å²) in [7, 11) is 1.82. The molecule has 92 valence electrons. The van der Waals surface area contributed by atoms with Crippen molar-refractivity contribution >= 4 is 5.91 Å². The topological polar surface area (TPSA) is 41.6 Å². The Balaban J connectivity index is 2.10. The molecular weight excluding hydrogens is 216 g/mol. The molecule has 1 heterocycles. The number of rotatable bonds is 3. The summed E-state index contributed by atoms with van der Waals surface area (Å²) >= 11 is 0. The van der Waals surface area contributed by atoms with Gasteiger partial charge in [-0.25, -0.2) is 0 Å². The number of carbonyl (C=O) groups is 1.